The van der Waals surface area contributed by atoms with E-state index in [9.17, 15) is 14.9 Å². The highest BCUT2D eigenvalue weighted by atomic mass is 16.6. The van der Waals surface area contributed by atoms with E-state index < -0.39 is 4.92 Å². The molecule has 1 aromatic rings. The Labute approximate surface area is 135 Å². The van der Waals surface area contributed by atoms with Crippen molar-refractivity contribution in [2.24, 2.45) is 23.2 Å². The molecule has 0 atom stereocenters. The van der Waals surface area contributed by atoms with Gasteiger partial charge in [0.25, 0.3) is 5.69 Å². The fraction of sp³-hybridized carbons (Fsp3) is 0.611. The van der Waals surface area contributed by atoms with Crippen molar-refractivity contribution in [3.63, 3.8) is 0 Å². The van der Waals surface area contributed by atoms with Crippen LogP contribution in [0.2, 0.25) is 0 Å². The predicted octanol–water partition coefficient (Wildman–Crippen LogP) is 3.76. The van der Waals surface area contributed by atoms with Crippen LogP contribution in [0.5, 0.6) is 5.75 Å². The molecule has 0 radical (unpaired) electrons. The Kier molecular flexibility index (Phi) is 3.39. The molecular formula is C18H21NO4. The Hall–Kier alpha value is -1.91. The van der Waals surface area contributed by atoms with Gasteiger partial charge in [0.05, 0.1) is 11.0 Å². The normalized spacial score (nSPS) is 34.3. The molecule has 122 valence electrons. The summed E-state index contributed by atoms with van der Waals surface area (Å²) in [4.78, 5) is 23.2. The van der Waals surface area contributed by atoms with Crippen LogP contribution in [0.1, 0.15) is 38.5 Å². The number of carbonyl (C=O) groups is 1. The third-order valence-corrected chi connectivity index (χ3v) is 6.03. The molecule has 5 nitrogen and oxygen atoms in total. The first-order chi connectivity index (χ1) is 11.0. The Bertz CT molecular complexity index is 619. The molecule has 4 fully saturated rings. The first-order valence-corrected chi connectivity index (χ1v) is 8.45. The maximum absolute atomic E-state index is 12.8. The summed E-state index contributed by atoms with van der Waals surface area (Å²) in [7, 11) is 0. The van der Waals surface area contributed by atoms with E-state index in [1.165, 1.54) is 31.4 Å². The van der Waals surface area contributed by atoms with Gasteiger partial charge in [0.15, 0.2) is 5.78 Å². The van der Waals surface area contributed by atoms with Gasteiger partial charge in [-0.2, -0.15) is 0 Å². The molecule has 4 aliphatic rings. The second-order valence-corrected chi connectivity index (χ2v) is 7.66. The van der Waals surface area contributed by atoms with E-state index in [1.807, 2.05) is 0 Å². The lowest BCUT2D eigenvalue weighted by molar-refractivity contribution is -0.384. The van der Waals surface area contributed by atoms with Gasteiger partial charge < -0.3 is 4.74 Å². The third kappa shape index (κ3) is 2.62. The molecule has 0 spiro atoms. The molecule has 4 bridgehead atoms. The number of carbonyl (C=O) groups excluding carboxylic acids is 1. The van der Waals surface area contributed by atoms with Gasteiger partial charge in [-0.25, -0.2) is 0 Å². The number of non-ortho nitro benzene ring substituents is 1. The van der Waals surface area contributed by atoms with Crippen LogP contribution in [0.15, 0.2) is 24.3 Å². The first kappa shape index (κ1) is 14.7. The quantitative estimate of drug-likeness (QED) is 0.613. The maximum atomic E-state index is 12.8. The molecule has 0 amide bonds. The van der Waals surface area contributed by atoms with Crippen LogP contribution in [-0.4, -0.2) is 17.3 Å². The number of rotatable bonds is 5. The fourth-order valence-electron chi connectivity index (χ4n) is 5.44. The number of Topliss-reactive ketones (excluding diaryl/α,β-unsaturated/α-hetero) is 1. The van der Waals surface area contributed by atoms with Crippen LogP contribution in [0, 0.1) is 33.3 Å². The van der Waals surface area contributed by atoms with Crippen molar-refractivity contribution in [1.29, 1.82) is 0 Å². The van der Waals surface area contributed by atoms with Crippen LogP contribution in [0.25, 0.3) is 0 Å². The van der Waals surface area contributed by atoms with Gasteiger partial charge in [0, 0.05) is 11.5 Å². The standard InChI is InChI=1S/C18H21NO4/c20-17(11-23-16-3-1-2-15(7-16)19(21)22)18-8-12-4-13(9-18)6-14(5-12)10-18/h1-3,7,12-14H,4-6,8-11H2. The van der Waals surface area contributed by atoms with E-state index >= 15 is 0 Å². The zero-order chi connectivity index (χ0) is 16.0. The molecule has 4 aliphatic carbocycles. The van der Waals surface area contributed by atoms with E-state index in [1.54, 1.807) is 12.1 Å². The summed E-state index contributed by atoms with van der Waals surface area (Å²) < 4.78 is 5.59. The molecule has 4 saturated carbocycles. The van der Waals surface area contributed by atoms with Crippen LogP contribution in [0.3, 0.4) is 0 Å². The Morgan fingerprint density at radius 1 is 1.17 bits per heavy atom. The fourth-order valence-corrected chi connectivity index (χ4v) is 5.44. The number of nitro benzene ring substituents is 1. The molecule has 5 heteroatoms. The highest BCUT2D eigenvalue weighted by Gasteiger charge is 2.54. The van der Waals surface area contributed by atoms with Crippen molar-refractivity contribution < 1.29 is 14.5 Å². The molecule has 0 saturated heterocycles. The van der Waals surface area contributed by atoms with Gasteiger partial charge in [-0.3, -0.25) is 14.9 Å². The van der Waals surface area contributed by atoms with E-state index in [4.69, 9.17) is 4.74 Å². The van der Waals surface area contributed by atoms with Crippen LogP contribution >= 0.6 is 0 Å². The third-order valence-electron chi connectivity index (χ3n) is 6.03. The average molecular weight is 315 g/mol. The molecule has 1 aromatic carbocycles. The summed E-state index contributed by atoms with van der Waals surface area (Å²) in [5, 5.41) is 10.8. The first-order valence-electron chi connectivity index (χ1n) is 8.45. The lowest BCUT2D eigenvalue weighted by atomic mass is 9.48. The number of ether oxygens (including phenoxy) is 1. The van der Waals surface area contributed by atoms with E-state index in [0.717, 1.165) is 37.0 Å². The van der Waals surface area contributed by atoms with Gasteiger partial charge in [-0.05, 0) is 62.3 Å². The van der Waals surface area contributed by atoms with E-state index in [2.05, 4.69) is 0 Å². The number of ketones is 1. The van der Waals surface area contributed by atoms with Crippen molar-refractivity contribution >= 4 is 11.5 Å². The molecule has 0 heterocycles. The highest BCUT2D eigenvalue weighted by molar-refractivity contribution is 5.86. The Morgan fingerprint density at radius 2 is 1.78 bits per heavy atom. The molecule has 0 aliphatic heterocycles. The summed E-state index contributed by atoms with van der Waals surface area (Å²) in [5.74, 6) is 2.77. The molecule has 0 N–H and O–H groups in total. The van der Waals surface area contributed by atoms with Gasteiger partial charge in [0.2, 0.25) is 0 Å². The minimum absolute atomic E-state index is 0.00949. The van der Waals surface area contributed by atoms with Crippen LogP contribution in [0.4, 0.5) is 5.69 Å². The Morgan fingerprint density at radius 3 is 2.35 bits per heavy atom. The zero-order valence-electron chi connectivity index (χ0n) is 13.1. The van der Waals surface area contributed by atoms with E-state index in [0.29, 0.717) is 5.75 Å². The smallest absolute Gasteiger partial charge is 0.273 e. The van der Waals surface area contributed by atoms with Gasteiger partial charge in [0.1, 0.15) is 12.4 Å². The lowest BCUT2D eigenvalue weighted by Crippen LogP contribution is -2.51. The molecular weight excluding hydrogens is 294 g/mol. The van der Waals surface area contributed by atoms with Crippen molar-refractivity contribution in [3.05, 3.63) is 34.4 Å². The SMILES string of the molecule is O=C(COc1cccc([N+](=O)[O-])c1)C12CC3CC(CC(C3)C1)C2. The van der Waals surface area contributed by atoms with Crippen LogP contribution < -0.4 is 4.74 Å². The molecule has 0 unspecified atom stereocenters. The lowest BCUT2D eigenvalue weighted by Gasteiger charge is -2.55. The number of nitrogens with zero attached hydrogens (tertiary/aromatic N) is 1. The van der Waals surface area contributed by atoms with E-state index in [-0.39, 0.29) is 23.5 Å². The summed E-state index contributed by atoms with van der Waals surface area (Å²) in [6.07, 6.45) is 6.98. The number of hydrogen-bond acceptors (Lipinski definition) is 4. The van der Waals surface area contributed by atoms with Gasteiger partial charge >= 0.3 is 0 Å². The second kappa shape index (κ2) is 5.32. The summed E-state index contributed by atoms with van der Waals surface area (Å²) >= 11 is 0. The van der Waals surface area contributed by atoms with Crippen molar-refractivity contribution in [2.75, 3.05) is 6.61 Å². The highest BCUT2D eigenvalue weighted by Crippen LogP contribution is 2.60. The average Bonchev–Trinajstić information content (AvgIpc) is 2.51. The Balaban J connectivity index is 1.44. The molecule has 0 aromatic heterocycles. The molecule has 5 rings (SSSR count). The van der Waals surface area contributed by atoms with Crippen molar-refractivity contribution in [3.8, 4) is 5.75 Å². The van der Waals surface area contributed by atoms with Gasteiger partial charge in [-0.15, -0.1) is 0 Å². The minimum atomic E-state index is -0.451. The van der Waals surface area contributed by atoms with Crippen molar-refractivity contribution in [2.45, 2.75) is 38.5 Å². The van der Waals surface area contributed by atoms with Crippen molar-refractivity contribution in [1.82, 2.24) is 0 Å². The minimum Gasteiger partial charge on any atom is -0.486 e. The zero-order valence-corrected chi connectivity index (χ0v) is 13.1. The summed E-state index contributed by atoms with van der Waals surface area (Å²) in [6, 6.07) is 6.06. The maximum Gasteiger partial charge on any atom is 0.273 e. The summed E-state index contributed by atoms with van der Waals surface area (Å²) in [5.41, 5.74) is -0.181. The second-order valence-electron chi connectivity index (χ2n) is 7.66. The number of hydrogen-bond donors (Lipinski definition) is 0. The largest absolute Gasteiger partial charge is 0.486 e. The topological polar surface area (TPSA) is 69.4 Å². The number of nitro groups is 1. The van der Waals surface area contributed by atoms with Crippen LogP contribution in [-0.2, 0) is 4.79 Å². The monoisotopic (exact) mass is 315 g/mol. The predicted molar refractivity (Wildman–Crippen MR) is 84.2 cm³/mol. The molecule has 23 heavy (non-hydrogen) atoms. The number of benzene rings is 1. The van der Waals surface area contributed by atoms with Gasteiger partial charge in [-0.1, -0.05) is 6.07 Å². The summed E-state index contributed by atoms with van der Waals surface area (Å²) in [6.45, 7) is 0.0350.